The van der Waals surface area contributed by atoms with E-state index in [1.165, 1.54) is 63.9 Å². The lowest BCUT2D eigenvalue weighted by atomic mass is 9.86. The second-order valence-electron chi connectivity index (χ2n) is 8.05. The summed E-state index contributed by atoms with van der Waals surface area (Å²) in [7, 11) is 0. The summed E-state index contributed by atoms with van der Waals surface area (Å²) in [5.41, 5.74) is -1.38. The van der Waals surface area contributed by atoms with Crippen molar-refractivity contribution in [3.63, 3.8) is 0 Å². The van der Waals surface area contributed by atoms with Gasteiger partial charge in [-0.15, -0.1) is 0 Å². The number of rotatable bonds is 13. The van der Waals surface area contributed by atoms with Crippen LogP contribution in [0.3, 0.4) is 0 Å². The Labute approximate surface area is 155 Å². The highest BCUT2D eigenvalue weighted by Crippen LogP contribution is 2.26. The number of hydrogen-bond donors (Lipinski definition) is 1. The van der Waals surface area contributed by atoms with Crippen LogP contribution in [-0.2, 0) is 4.79 Å². The molecule has 146 valence electrons. The molecule has 2 atom stereocenters. The van der Waals surface area contributed by atoms with Gasteiger partial charge in [-0.05, 0) is 31.6 Å². The summed E-state index contributed by atoms with van der Waals surface area (Å²) < 4.78 is 0. The van der Waals surface area contributed by atoms with E-state index in [1.807, 2.05) is 4.90 Å². The van der Waals surface area contributed by atoms with Crippen LogP contribution in [0.1, 0.15) is 97.3 Å². The molecule has 0 bridgehead atoms. The number of amides is 1. The van der Waals surface area contributed by atoms with Crippen molar-refractivity contribution in [1.29, 1.82) is 0 Å². The normalized spacial score (nSPS) is 18.6. The molecule has 3 nitrogen and oxygen atoms in total. The lowest BCUT2D eigenvalue weighted by Gasteiger charge is -2.35. The third-order valence-electron chi connectivity index (χ3n) is 5.56. The zero-order chi connectivity index (χ0) is 18.5. The summed E-state index contributed by atoms with van der Waals surface area (Å²) in [5.74, 6) is 0.210. The molecule has 3 heteroatoms. The molecule has 1 saturated heterocycles. The lowest BCUT2D eigenvalue weighted by molar-refractivity contribution is -0.149. The maximum absolute atomic E-state index is 12.7. The first kappa shape index (κ1) is 22.2. The molecule has 0 radical (unpaired) electrons. The molecular formula is C22H41NO2. The summed E-state index contributed by atoms with van der Waals surface area (Å²) in [5, 5.41) is 10.8. The van der Waals surface area contributed by atoms with Crippen molar-refractivity contribution in [2.45, 2.75) is 103 Å². The predicted octanol–water partition coefficient (Wildman–Crippen LogP) is 5.47. The van der Waals surface area contributed by atoms with Gasteiger partial charge >= 0.3 is 0 Å². The largest absolute Gasteiger partial charge is 0.376 e. The van der Waals surface area contributed by atoms with Gasteiger partial charge in [-0.25, -0.2) is 0 Å². The molecule has 0 aromatic carbocycles. The third kappa shape index (κ3) is 8.40. The molecular weight excluding hydrogens is 310 g/mol. The standard InChI is InChI=1S/C22H41NO2/c1-4-6-7-8-9-10-11-13-16-20(3)19-22(25,5-2)21(24)23-17-14-12-15-18-23/h5,20,25H,2,4,6-19H2,1,3H3/t20-,22-/m0/s1. The number of aliphatic hydroxyl groups is 1. The average molecular weight is 352 g/mol. The van der Waals surface area contributed by atoms with Crippen LogP contribution in [0.4, 0.5) is 0 Å². The molecule has 1 amide bonds. The van der Waals surface area contributed by atoms with E-state index in [-0.39, 0.29) is 5.91 Å². The maximum atomic E-state index is 12.7. The van der Waals surface area contributed by atoms with Crippen LogP contribution in [0.2, 0.25) is 0 Å². The quantitative estimate of drug-likeness (QED) is 0.353. The molecule has 1 aliphatic rings. The van der Waals surface area contributed by atoms with Gasteiger partial charge in [-0.2, -0.15) is 0 Å². The van der Waals surface area contributed by atoms with Gasteiger partial charge in [0, 0.05) is 13.1 Å². The Bertz CT molecular complexity index is 376. The highest BCUT2D eigenvalue weighted by molar-refractivity contribution is 5.87. The van der Waals surface area contributed by atoms with Crippen LogP contribution in [0.15, 0.2) is 12.7 Å². The Morgan fingerprint density at radius 2 is 1.64 bits per heavy atom. The highest BCUT2D eigenvalue weighted by atomic mass is 16.3. The van der Waals surface area contributed by atoms with E-state index in [1.54, 1.807) is 0 Å². The Morgan fingerprint density at radius 1 is 1.08 bits per heavy atom. The van der Waals surface area contributed by atoms with Crippen molar-refractivity contribution in [3.8, 4) is 0 Å². The maximum Gasteiger partial charge on any atom is 0.258 e. The van der Waals surface area contributed by atoms with Crippen LogP contribution in [-0.4, -0.2) is 34.6 Å². The van der Waals surface area contributed by atoms with Gasteiger partial charge in [-0.1, -0.05) is 84.3 Å². The number of piperidine rings is 1. The molecule has 0 saturated carbocycles. The van der Waals surface area contributed by atoms with Gasteiger partial charge in [0.05, 0.1) is 0 Å². The molecule has 1 heterocycles. The van der Waals surface area contributed by atoms with E-state index in [4.69, 9.17) is 0 Å². The van der Waals surface area contributed by atoms with Gasteiger partial charge in [0.25, 0.3) is 5.91 Å². The van der Waals surface area contributed by atoms with Gasteiger partial charge in [0.2, 0.25) is 0 Å². The van der Waals surface area contributed by atoms with Crippen molar-refractivity contribution in [1.82, 2.24) is 4.90 Å². The van der Waals surface area contributed by atoms with Crippen LogP contribution < -0.4 is 0 Å². The Hall–Kier alpha value is -0.830. The molecule has 0 spiro atoms. The molecule has 25 heavy (non-hydrogen) atoms. The van der Waals surface area contributed by atoms with E-state index in [0.717, 1.165) is 32.4 Å². The molecule has 0 aliphatic carbocycles. The predicted molar refractivity (Wildman–Crippen MR) is 107 cm³/mol. The minimum absolute atomic E-state index is 0.134. The molecule has 1 aliphatic heterocycles. The fraction of sp³-hybridized carbons (Fsp3) is 0.864. The van der Waals surface area contributed by atoms with Crippen molar-refractivity contribution >= 4 is 5.91 Å². The van der Waals surface area contributed by atoms with Crippen molar-refractivity contribution < 1.29 is 9.90 Å². The molecule has 0 unspecified atom stereocenters. The smallest absolute Gasteiger partial charge is 0.258 e. The highest BCUT2D eigenvalue weighted by Gasteiger charge is 2.37. The molecule has 0 aromatic heterocycles. The average Bonchev–Trinajstić information content (AvgIpc) is 2.63. The number of hydrogen-bond acceptors (Lipinski definition) is 2. The van der Waals surface area contributed by atoms with Gasteiger partial charge in [0.1, 0.15) is 0 Å². The molecule has 1 fully saturated rings. The Morgan fingerprint density at radius 3 is 2.20 bits per heavy atom. The van der Waals surface area contributed by atoms with Crippen molar-refractivity contribution in [2.24, 2.45) is 5.92 Å². The van der Waals surface area contributed by atoms with Gasteiger partial charge in [0.15, 0.2) is 5.60 Å². The minimum Gasteiger partial charge on any atom is -0.376 e. The summed E-state index contributed by atoms with van der Waals surface area (Å²) >= 11 is 0. The van der Waals surface area contributed by atoms with Crippen LogP contribution >= 0.6 is 0 Å². The molecule has 1 N–H and O–H groups in total. The third-order valence-corrected chi connectivity index (χ3v) is 5.56. The fourth-order valence-corrected chi connectivity index (χ4v) is 3.89. The summed E-state index contributed by atoms with van der Waals surface area (Å²) in [6.45, 7) is 9.71. The summed E-state index contributed by atoms with van der Waals surface area (Å²) in [4.78, 5) is 14.5. The minimum atomic E-state index is -1.38. The number of likely N-dealkylation sites (tertiary alicyclic amines) is 1. The van der Waals surface area contributed by atoms with Crippen LogP contribution in [0.25, 0.3) is 0 Å². The topological polar surface area (TPSA) is 40.5 Å². The monoisotopic (exact) mass is 351 g/mol. The second kappa shape index (κ2) is 12.5. The van der Waals surface area contributed by atoms with Gasteiger partial charge in [-0.3, -0.25) is 4.79 Å². The van der Waals surface area contributed by atoms with E-state index < -0.39 is 5.60 Å². The van der Waals surface area contributed by atoms with E-state index in [2.05, 4.69) is 20.4 Å². The van der Waals surface area contributed by atoms with E-state index in [9.17, 15) is 9.90 Å². The van der Waals surface area contributed by atoms with Crippen LogP contribution in [0, 0.1) is 5.92 Å². The van der Waals surface area contributed by atoms with Crippen LogP contribution in [0.5, 0.6) is 0 Å². The Balaban J connectivity index is 2.26. The number of nitrogens with zero attached hydrogens (tertiary/aromatic N) is 1. The van der Waals surface area contributed by atoms with Gasteiger partial charge < -0.3 is 10.0 Å². The SMILES string of the molecule is C=C[C@](O)(C[C@@H](C)CCCCCCCCCC)C(=O)N1CCCCC1. The summed E-state index contributed by atoms with van der Waals surface area (Å²) in [6, 6.07) is 0. The molecule has 1 rings (SSSR count). The number of carbonyl (C=O) groups excluding carboxylic acids is 1. The summed E-state index contributed by atoms with van der Waals surface area (Å²) in [6.07, 6.45) is 16.9. The second-order valence-corrected chi connectivity index (χ2v) is 8.05. The van der Waals surface area contributed by atoms with Crippen molar-refractivity contribution in [2.75, 3.05) is 13.1 Å². The Kier molecular flexibility index (Phi) is 11.1. The first-order valence-electron chi connectivity index (χ1n) is 10.7. The van der Waals surface area contributed by atoms with E-state index in [0.29, 0.717) is 12.3 Å². The first-order chi connectivity index (χ1) is 12.0. The lowest BCUT2D eigenvalue weighted by Crippen LogP contribution is -2.50. The number of carbonyl (C=O) groups is 1. The first-order valence-corrected chi connectivity index (χ1v) is 10.7. The number of unbranched alkanes of at least 4 members (excludes halogenated alkanes) is 7. The van der Waals surface area contributed by atoms with E-state index >= 15 is 0 Å². The fourth-order valence-electron chi connectivity index (χ4n) is 3.89. The zero-order valence-corrected chi connectivity index (χ0v) is 16.8. The zero-order valence-electron chi connectivity index (χ0n) is 16.8. The van der Waals surface area contributed by atoms with Crippen molar-refractivity contribution in [3.05, 3.63) is 12.7 Å². The molecule has 0 aromatic rings.